The smallest absolute Gasteiger partial charge is 0.233 e. The molecule has 3 aromatic rings. The van der Waals surface area contributed by atoms with Crippen LogP contribution < -0.4 is 10.6 Å². The zero-order valence-electron chi connectivity index (χ0n) is 14.2. The number of hydrogen-bond donors (Lipinski definition) is 2. The molecule has 1 heterocycles. The van der Waals surface area contributed by atoms with Crippen LogP contribution in [0.2, 0.25) is 0 Å². The molecule has 3 rings (SSSR count). The molecule has 0 aliphatic rings. The van der Waals surface area contributed by atoms with Gasteiger partial charge in [-0.3, -0.25) is 14.6 Å². The molecule has 0 fully saturated rings. The lowest BCUT2D eigenvalue weighted by molar-refractivity contribution is -0.123. The average Bonchev–Trinajstić information content (AvgIpc) is 2.54. The maximum Gasteiger partial charge on any atom is 0.233 e. The minimum absolute atomic E-state index is 0.254. The Kier molecular flexibility index (Phi) is 4.75. The second-order valence-electron chi connectivity index (χ2n) is 6.03. The molecule has 0 spiro atoms. The molecule has 0 atom stereocenters. The van der Waals surface area contributed by atoms with Gasteiger partial charge in [-0.1, -0.05) is 24.3 Å². The average molecular weight is 333 g/mol. The van der Waals surface area contributed by atoms with Crippen molar-refractivity contribution in [3.8, 4) is 0 Å². The lowest BCUT2D eigenvalue weighted by Crippen LogP contribution is -2.21. The van der Waals surface area contributed by atoms with Crippen molar-refractivity contribution in [2.24, 2.45) is 0 Å². The van der Waals surface area contributed by atoms with E-state index in [1.807, 2.05) is 56.3 Å². The standard InChI is InChI=1S/C20H19N3O2/c1-13-9-14(2)11-16(10-13)22-18(24)12-19(25)23-17-7-3-5-15-6-4-8-21-20(15)17/h3-11H,12H2,1-2H3,(H,22,24)(H,23,25). The molecule has 2 aromatic carbocycles. The Balaban J connectivity index is 1.66. The number of benzene rings is 2. The first-order valence-electron chi connectivity index (χ1n) is 8.03. The number of carbonyl (C=O) groups excluding carboxylic acids is 2. The highest BCUT2D eigenvalue weighted by Crippen LogP contribution is 2.21. The molecule has 0 aliphatic carbocycles. The summed E-state index contributed by atoms with van der Waals surface area (Å²) in [6, 6.07) is 15.1. The minimum Gasteiger partial charge on any atom is -0.326 e. The van der Waals surface area contributed by atoms with E-state index in [0.29, 0.717) is 16.9 Å². The van der Waals surface area contributed by atoms with E-state index in [4.69, 9.17) is 0 Å². The number of amides is 2. The van der Waals surface area contributed by atoms with Crippen molar-refractivity contribution in [2.45, 2.75) is 20.3 Å². The van der Waals surface area contributed by atoms with E-state index in [1.54, 1.807) is 12.3 Å². The van der Waals surface area contributed by atoms with E-state index in [9.17, 15) is 9.59 Å². The highest BCUT2D eigenvalue weighted by atomic mass is 16.2. The molecule has 5 nitrogen and oxygen atoms in total. The summed E-state index contributed by atoms with van der Waals surface area (Å²) in [5, 5.41) is 6.45. The van der Waals surface area contributed by atoms with E-state index in [0.717, 1.165) is 16.5 Å². The van der Waals surface area contributed by atoms with Crippen LogP contribution in [0.3, 0.4) is 0 Å². The normalized spacial score (nSPS) is 10.5. The van der Waals surface area contributed by atoms with E-state index < -0.39 is 0 Å². The number of nitrogens with zero attached hydrogens (tertiary/aromatic N) is 1. The Hall–Kier alpha value is -3.21. The number of rotatable bonds is 4. The Labute approximate surface area is 146 Å². The van der Waals surface area contributed by atoms with Gasteiger partial charge in [0.1, 0.15) is 6.42 Å². The number of para-hydroxylation sites is 1. The largest absolute Gasteiger partial charge is 0.326 e. The van der Waals surface area contributed by atoms with Gasteiger partial charge >= 0.3 is 0 Å². The number of hydrogen-bond acceptors (Lipinski definition) is 3. The first-order valence-corrected chi connectivity index (χ1v) is 8.03. The van der Waals surface area contributed by atoms with E-state index in [2.05, 4.69) is 15.6 Å². The Morgan fingerprint density at radius 3 is 2.36 bits per heavy atom. The number of aromatic nitrogens is 1. The number of anilines is 2. The first-order chi connectivity index (χ1) is 12.0. The second-order valence-corrected chi connectivity index (χ2v) is 6.03. The van der Waals surface area contributed by atoms with Gasteiger partial charge in [-0.2, -0.15) is 0 Å². The molecule has 2 N–H and O–H groups in total. The first kappa shape index (κ1) is 16.6. The zero-order chi connectivity index (χ0) is 17.8. The summed E-state index contributed by atoms with van der Waals surface area (Å²) in [6.07, 6.45) is 1.42. The van der Waals surface area contributed by atoms with Gasteiger partial charge in [0, 0.05) is 17.3 Å². The summed E-state index contributed by atoms with van der Waals surface area (Å²) in [5.74, 6) is -0.726. The van der Waals surface area contributed by atoms with Gasteiger partial charge in [0.15, 0.2) is 0 Å². The molecule has 1 aromatic heterocycles. The van der Waals surface area contributed by atoms with Crippen LogP contribution in [0, 0.1) is 13.8 Å². The van der Waals surface area contributed by atoms with E-state index in [-0.39, 0.29) is 18.2 Å². The van der Waals surface area contributed by atoms with Crippen molar-refractivity contribution < 1.29 is 9.59 Å². The summed E-state index contributed by atoms with van der Waals surface area (Å²) >= 11 is 0. The molecule has 0 radical (unpaired) electrons. The highest BCUT2D eigenvalue weighted by Gasteiger charge is 2.12. The number of carbonyl (C=O) groups is 2. The Morgan fingerprint density at radius 1 is 0.920 bits per heavy atom. The molecule has 126 valence electrons. The summed E-state index contributed by atoms with van der Waals surface area (Å²) in [7, 11) is 0. The van der Waals surface area contributed by atoms with Crippen molar-refractivity contribution in [2.75, 3.05) is 10.6 Å². The van der Waals surface area contributed by atoms with Crippen LogP contribution >= 0.6 is 0 Å². The second kappa shape index (κ2) is 7.13. The molecule has 0 unspecified atom stereocenters. The Bertz CT molecular complexity index is 925. The number of pyridine rings is 1. The highest BCUT2D eigenvalue weighted by molar-refractivity contribution is 6.10. The van der Waals surface area contributed by atoms with Crippen LogP contribution in [0.4, 0.5) is 11.4 Å². The van der Waals surface area contributed by atoms with Crippen molar-refractivity contribution in [1.82, 2.24) is 4.98 Å². The predicted octanol–water partition coefficient (Wildman–Crippen LogP) is 3.82. The van der Waals surface area contributed by atoms with Crippen molar-refractivity contribution >= 4 is 34.1 Å². The topological polar surface area (TPSA) is 71.1 Å². The fraction of sp³-hybridized carbons (Fsp3) is 0.150. The van der Waals surface area contributed by atoms with Crippen LogP contribution in [0.5, 0.6) is 0 Å². The SMILES string of the molecule is Cc1cc(C)cc(NC(=O)CC(=O)Nc2cccc3cccnc23)c1. The third-order valence-corrected chi connectivity index (χ3v) is 3.73. The fourth-order valence-corrected chi connectivity index (χ4v) is 2.80. The van der Waals surface area contributed by atoms with Gasteiger partial charge in [0.2, 0.25) is 11.8 Å². The fourth-order valence-electron chi connectivity index (χ4n) is 2.80. The molecule has 0 saturated heterocycles. The predicted molar refractivity (Wildman–Crippen MR) is 99.5 cm³/mol. The van der Waals surface area contributed by atoms with E-state index >= 15 is 0 Å². The maximum atomic E-state index is 12.2. The molecular weight excluding hydrogens is 314 g/mol. The number of aryl methyl sites for hydroxylation is 2. The van der Waals surface area contributed by atoms with Gasteiger partial charge < -0.3 is 10.6 Å². The van der Waals surface area contributed by atoms with Crippen LogP contribution in [0.15, 0.2) is 54.7 Å². The van der Waals surface area contributed by atoms with Crippen LogP contribution in [0.1, 0.15) is 17.5 Å². The molecule has 2 amide bonds. The summed E-state index contributed by atoms with van der Waals surface area (Å²) < 4.78 is 0. The molecule has 25 heavy (non-hydrogen) atoms. The van der Waals surface area contributed by atoms with Gasteiger partial charge in [0.25, 0.3) is 0 Å². The maximum absolute atomic E-state index is 12.2. The third kappa shape index (κ3) is 4.20. The quantitative estimate of drug-likeness (QED) is 0.713. The summed E-state index contributed by atoms with van der Waals surface area (Å²) in [6.45, 7) is 3.92. The minimum atomic E-state index is -0.375. The monoisotopic (exact) mass is 333 g/mol. The zero-order valence-corrected chi connectivity index (χ0v) is 14.2. The molecule has 0 saturated carbocycles. The summed E-state index contributed by atoms with van der Waals surface area (Å²) in [4.78, 5) is 28.6. The number of nitrogens with one attached hydrogen (secondary N) is 2. The van der Waals surface area contributed by atoms with Crippen molar-refractivity contribution in [3.05, 3.63) is 65.9 Å². The van der Waals surface area contributed by atoms with Gasteiger partial charge in [-0.05, 0) is 49.2 Å². The van der Waals surface area contributed by atoms with Gasteiger partial charge in [-0.25, -0.2) is 0 Å². The Morgan fingerprint density at radius 2 is 1.60 bits per heavy atom. The molecule has 5 heteroatoms. The van der Waals surface area contributed by atoms with Crippen LogP contribution in [-0.4, -0.2) is 16.8 Å². The summed E-state index contributed by atoms with van der Waals surface area (Å²) in [5.41, 5.74) is 4.11. The van der Waals surface area contributed by atoms with Gasteiger partial charge in [0.05, 0.1) is 11.2 Å². The lowest BCUT2D eigenvalue weighted by Gasteiger charge is -2.09. The number of fused-ring (bicyclic) bond motifs is 1. The van der Waals surface area contributed by atoms with Crippen LogP contribution in [-0.2, 0) is 9.59 Å². The molecular formula is C20H19N3O2. The van der Waals surface area contributed by atoms with E-state index in [1.165, 1.54) is 0 Å². The third-order valence-electron chi connectivity index (χ3n) is 3.73. The van der Waals surface area contributed by atoms with Crippen molar-refractivity contribution in [3.63, 3.8) is 0 Å². The molecule has 0 aliphatic heterocycles. The molecule has 0 bridgehead atoms. The van der Waals surface area contributed by atoms with Gasteiger partial charge in [-0.15, -0.1) is 0 Å². The lowest BCUT2D eigenvalue weighted by atomic mass is 10.1. The van der Waals surface area contributed by atoms with Crippen LogP contribution in [0.25, 0.3) is 10.9 Å². The van der Waals surface area contributed by atoms with Crippen molar-refractivity contribution in [1.29, 1.82) is 0 Å².